The molecule has 1 aliphatic rings. The Balaban J connectivity index is 1.27. The number of fused-ring (bicyclic) bond motifs is 1. The summed E-state index contributed by atoms with van der Waals surface area (Å²) >= 11 is 0. The Morgan fingerprint density at radius 3 is 2.57 bits per heavy atom. The largest absolute Gasteiger partial charge is 0.494 e. The average Bonchev–Trinajstić information content (AvgIpc) is 3.40. The molecule has 1 N–H and O–H groups in total. The molecule has 0 aliphatic carbocycles. The summed E-state index contributed by atoms with van der Waals surface area (Å²) in [5.41, 5.74) is 2.66. The third kappa shape index (κ3) is 7.28. The van der Waals surface area contributed by atoms with Crippen molar-refractivity contribution in [2.75, 3.05) is 31.6 Å². The van der Waals surface area contributed by atoms with Crippen LogP contribution in [0.3, 0.4) is 0 Å². The van der Waals surface area contributed by atoms with Gasteiger partial charge in [0.15, 0.2) is 5.82 Å². The average molecular weight is 634 g/mol. The van der Waals surface area contributed by atoms with E-state index in [0.717, 1.165) is 29.5 Å². The molecule has 0 unspecified atom stereocenters. The molecule has 1 fully saturated rings. The molecule has 1 saturated heterocycles. The van der Waals surface area contributed by atoms with Crippen molar-refractivity contribution in [3.05, 3.63) is 89.9 Å². The maximum atomic E-state index is 15.0. The molecule has 0 spiro atoms. The molecule has 0 bridgehead atoms. The lowest BCUT2D eigenvalue weighted by Crippen LogP contribution is -2.42. The van der Waals surface area contributed by atoms with E-state index >= 15 is 0 Å². The summed E-state index contributed by atoms with van der Waals surface area (Å²) in [7, 11) is 0. The van der Waals surface area contributed by atoms with Gasteiger partial charge in [0.2, 0.25) is 0 Å². The zero-order chi connectivity index (χ0) is 32.1. The second-order valence-corrected chi connectivity index (χ2v) is 11.4. The molecule has 0 radical (unpaired) electrons. The summed E-state index contributed by atoms with van der Waals surface area (Å²) in [6.07, 6.45) is 7.74. The number of hydrogen-bond donors (Lipinski definition) is 1. The fourth-order valence-electron chi connectivity index (χ4n) is 5.82. The molecule has 1 aliphatic heterocycles. The Kier molecular flexibility index (Phi) is 9.43. The number of rotatable bonds is 12. The number of aryl methyl sites for hydroxylation is 1. The molecule has 46 heavy (non-hydrogen) atoms. The van der Waals surface area contributed by atoms with Gasteiger partial charge in [0, 0.05) is 59.3 Å². The molecule has 3 aromatic heterocycles. The van der Waals surface area contributed by atoms with Crippen molar-refractivity contribution in [1.82, 2.24) is 29.6 Å². The number of para-hydroxylation sites is 1. The Bertz CT molecular complexity index is 1770. The first-order valence-electron chi connectivity index (χ1n) is 15.5. The van der Waals surface area contributed by atoms with Crippen LogP contribution in [0.2, 0.25) is 0 Å². The number of hydrogen-bond acceptors (Lipinski definition) is 7. The Morgan fingerprint density at radius 2 is 1.80 bits per heavy atom. The number of pyridine rings is 1. The molecule has 0 atom stereocenters. The number of ether oxygens (including phenoxy) is 1. The van der Waals surface area contributed by atoms with E-state index in [9.17, 15) is 17.6 Å². The zero-order valence-electron chi connectivity index (χ0n) is 25.5. The number of likely N-dealkylation sites (tertiary alicyclic amines) is 1. The van der Waals surface area contributed by atoms with Crippen LogP contribution in [-0.4, -0.2) is 61.8 Å². The predicted octanol–water partition coefficient (Wildman–Crippen LogP) is 7.41. The normalized spacial score (nSPS) is 14.9. The van der Waals surface area contributed by atoms with Gasteiger partial charge in [-0.2, -0.15) is 5.10 Å². The fourth-order valence-corrected chi connectivity index (χ4v) is 5.82. The first-order chi connectivity index (χ1) is 22.3. The van der Waals surface area contributed by atoms with Crippen molar-refractivity contribution in [1.29, 1.82) is 0 Å². The lowest BCUT2D eigenvalue weighted by Gasteiger charge is -2.32. The molecule has 240 valence electrons. The van der Waals surface area contributed by atoms with Gasteiger partial charge in [-0.15, -0.1) is 0 Å². The van der Waals surface area contributed by atoms with Crippen LogP contribution in [0.4, 0.5) is 29.1 Å². The standard InChI is InChI=1S/C34H35F4N7O/c1-2-46-25-18-28(35)27(29(36)19-25)21-45-30-10-4-3-9-26(30)31(43-45)33-40-20-23(32(42-33)41-24-11-14-39-15-12-24)8-5-6-16-44-17-7-13-34(37,38)22-44/h3-4,9-12,14-15,18-20H,2,5-8,13,16-17,21-22H2,1H3,(H,39,40,41,42). The molecule has 6 rings (SSSR count). The van der Waals surface area contributed by atoms with Crippen LogP contribution in [0.25, 0.3) is 22.4 Å². The summed E-state index contributed by atoms with van der Waals surface area (Å²) in [5, 5.41) is 8.83. The van der Waals surface area contributed by atoms with E-state index < -0.39 is 17.6 Å². The number of aromatic nitrogens is 5. The highest BCUT2D eigenvalue weighted by molar-refractivity contribution is 5.91. The topological polar surface area (TPSA) is 81.0 Å². The highest BCUT2D eigenvalue weighted by Gasteiger charge is 2.34. The SMILES string of the molecule is CCOc1cc(F)c(Cn2nc(-c3ncc(CCCCN4CCCC(F)(F)C4)c(Nc4ccncc4)n3)c3ccccc32)c(F)c1. The Morgan fingerprint density at radius 1 is 1.02 bits per heavy atom. The third-order valence-corrected chi connectivity index (χ3v) is 8.05. The number of unbranched alkanes of at least 4 members (excludes halogenated alkanes) is 1. The van der Waals surface area contributed by atoms with Crippen LogP contribution in [0.1, 0.15) is 43.7 Å². The second-order valence-electron chi connectivity index (χ2n) is 11.4. The first-order valence-corrected chi connectivity index (χ1v) is 15.5. The summed E-state index contributed by atoms with van der Waals surface area (Å²) < 4.78 is 64.5. The van der Waals surface area contributed by atoms with Gasteiger partial charge in [0.25, 0.3) is 5.92 Å². The second kappa shape index (κ2) is 13.8. The third-order valence-electron chi connectivity index (χ3n) is 8.05. The minimum absolute atomic E-state index is 0.0416. The number of nitrogens with zero attached hydrogens (tertiary/aromatic N) is 6. The smallest absolute Gasteiger partial charge is 0.260 e. The van der Waals surface area contributed by atoms with Crippen molar-refractivity contribution >= 4 is 22.4 Å². The van der Waals surface area contributed by atoms with E-state index in [1.807, 2.05) is 41.3 Å². The highest BCUT2D eigenvalue weighted by Crippen LogP contribution is 2.31. The van der Waals surface area contributed by atoms with Gasteiger partial charge in [-0.3, -0.25) is 14.6 Å². The molecule has 12 heteroatoms. The van der Waals surface area contributed by atoms with E-state index in [2.05, 4.69) is 15.3 Å². The lowest BCUT2D eigenvalue weighted by atomic mass is 10.1. The molecule has 0 amide bonds. The van der Waals surface area contributed by atoms with Crippen LogP contribution in [0.15, 0.2) is 67.1 Å². The number of anilines is 2. The van der Waals surface area contributed by atoms with Crippen molar-refractivity contribution < 1.29 is 22.3 Å². The van der Waals surface area contributed by atoms with Gasteiger partial charge in [-0.05, 0) is 63.9 Å². The van der Waals surface area contributed by atoms with E-state index in [4.69, 9.17) is 14.8 Å². The van der Waals surface area contributed by atoms with Crippen LogP contribution >= 0.6 is 0 Å². The zero-order valence-corrected chi connectivity index (χ0v) is 25.5. The quantitative estimate of drug-likeness (QED) is 0.113. The monoisotopic (exact) mass is 633 g/mol. The van der Waals surface area contributed by atoms with Crippen molar-refractivity contribution in [2.45, 2.75) is 51.5 Å². The molecule has 4 heterocycles. The number of benzene rings is 2. The molecule has 5 aromatic rings. The maximum absolute atomic E-state index is 15.0. The van der Waals surface area contributed by atoms with Gasteiger partial charge >= 0.3 is 0 Å². The van der Waals surface area contributed by atoms with E-state index in [1.54, 1.807) is 30.2 Å². The first kappa shape index (κ1) is 31.4. The number of alkyl halides is 2. The Hall–Kier alpha value is -4.58. The van der Waals surface area contributed by atoms with Gasteiger partial charge in [-0.25, -0.2) is 27.5 Å². The van der Waals surface area contributed by atoms with Gasteiger partial charge in [0.05, 0.1) is 25.2 Å². The summed E-state index contributed by atoms with van der Waals surface area (Å²) in [5.74, 6) is -2.99. The van der Waals surface area contributed by atoms with Crippen molar-refractivity contribution in [2.24, 2.45) is 0 Å². The van der Waals surface area contributed by atoms with Crippen LogP contribution in [0, 0.1) is 11.6 Å². The van der Waals surface area contributed by atoms with Crippen molar-refractivity contribution in [3.63, 3.8) is 0 Å². The predicted molar refractivity (Wildman–Crippen MR) is 168 cm³/mol. The lowest BCUT2D eigenvalue weighted by molar-refractivity contribution is -0.0640. The maximum Gasteiger partial charge on any atom is 0.260 e. The van der Waals surface area contributed by atoms with Crippen LogP contribution in [0.5, 0.6) is 5.75 Å². The Labute approximate surface area is 264 Å². The molecule has 0 saturated carbocycles. The van der Waals surface area contributed by atoms with Gasteiger partial charge in [-0.1, -0.05) is 18.2 Å². The van der Waals surface area contributed by atoms with Gasteiger partial charge in [0.1, 0.15) is 28.9 Å². The molecule has 2 aromatic carbocycles. The summed E-state index contributed by atoms with van der Waals surface area (Å²) in [6, 6.07) is 13.4. The van der Waals surface area contributed by atoms with E-state index in [-0.39, 0.29) is 30.8 Å². The molecule has 8 nitrogen and oxygen atoms in total. The van der Waals surface area contributed by atoms with Crippen LogP contribution < -0.4 is 10.1 Å². The van der Waals surface area contributed by atoms with Gasteiger partial charge < -0.3 is 10.1 Å². The molecular formula is C34H35F4N7O. The highest BCUT2D eigenvalue weighted by atomic mass is 19.3. The summed E-state index contributed by atoms with van der Waals surface area (Å²) in [6.45, 7) is 3.02. The van der Waals surface area contributed by atoms with E-state index in [1.165, 1.54) is 12.1 Å². The summed E-state index contributed by atoms with van der Waals surface area (Å²) in [4.78, 5) is 15.5. The number of halogens is 4. The minimum atomic E-state index is -2.61. The molecular weight excluding hydrogens is 598 g/mol. The van der Waals surface area contributed by atoms with Crippen LogP contribution in [-0.2, 0) is 13.0 Å². The van der Waals surface area contributed by atoms with Crippen molar-refractivity contribution in [3.8, 4) is 17.3 Å². The fraction of sp³-hybridized carbons (Fsp3) is 0.353. The minimum Gasteiger partial charge on any atom is -0.494 e. The van der Waals surface area contributed by atoms with E-state index in [0.29, 0.717) is 55.4 Å². The number of piperidine rings is 1. The number of nitrogens with one attached hydrogen (secondary N) is 1.